The van der Waals surface area contributed by atoms with Crippen molar-refractivity contribution in [1.82, 2.24) is 4.90 Å². The molecule has 5 N–H and O–H groups in total. The minimum absolute atomic E-state index is 0.694. The maximum atomic E-state index is 11.0. The van der Waals surface area contributed by atoms with Gasteiger partial charge in [0.15, 0.2) is 5.60 Å². The molecule has 2 aromatic carbocycles. The second kappa shape index (κ2) is 12.7. The zero-order valence-corrected chi connectivity index (χ0v) is 21.3. The van der Waals surface area contributed by atoms with E-state index in [2.05, 4.69) is 55.1 Å². The summed E-state index contributed by atoms with van der Waals surface area (Å²) in [7, 11) is 1.72. The average Bonchev–Trinajstić information content (AvgIpc) is 2.80. The first-order valence-electron chi connectivity index (χ1n) is 11.8. The molecule has 0 saturated carbocycles. The van der Waals surface area contributed by atoms with Crippen LogP contribution in [0.15, 0.2) is 42.5 Å². The molecule has 0 bridgehead atoms. The number of aliphatic carboxylic acids is 3. The van der Waals surface area contributed by atoms with E-state index >= 15 is 0 Å². The minimum atomic E-state index is -2.74. The third-order valence-corrected chi connectivity index (χ3v) is 6.39. The van der Waals surface area contributed by atoms with E-state index in [4.69, 9.17) is 25.2 Å². The summed E-state index contributed by atoms with van der Waals surface area (Å²) in [5.74, 6) is -4.07. The molecule has 1 aliphatic rings. The smallest absolute Gasteiger partial charge is 0.336 e. The van der Waals surface area contributed by atoms with Gasteiger partial charge in [-0.05, 0) is 38.3 Å². The van der Waals surface area contributed by atoms with Crippen molar-refractivity contribution in [3.63, 3.8) is 0 Å². The Hall–Kier alpha value is -3.47. The lowest BCUT2D eigenvalue weighted by Crippen LogP contribution is -2.42. The Morgan fingerprint density at radius 1 is 0.919 bits per heavy atom. The minimum Gasteiger partial charge on any atom is -0.496 e. The number of rotatable bonds is 9. The summed E-state index contributed by atoms with van der Waals surface area (Å²) in [6.07, 6.45) is -0.752. The highest BCUT2D eigenvalue weighted by Crippen LogP contribution is 2.34. The van der Waals surface area contributed by atoms with Crippen LogP contribution < -0.4 is 4.74 Å². The van der Waals surface area contributed by atoms with Gasteiger partial charge in [-0.2, -0.15) is 0 Å². The molecule has 1 aliphatic heterocycles. The molecule has 0 amide bonds. The largest absolute Gasteiger partial charge is 0.496 e. The SMILES string of the molecule is COc1ccc(C)cc1CN1CCC(O)(c2ccc(C)cc2)CC1.O=C(O)CC(O)(CC(=O)O)C(=O)O. The van der Waals surface area contributed by atoms with Crippen LogP contribution in [0.1, 0.15) is 47.9 Å². The fourth-order valence-corrected chi connectivity index (χ4v) is 4.22. The molecule has 202 valence electrons. The number of methoxy groups -OCH3 is 1. The predicted molar refractivity (Wildman–Crippen MR) is 134 cm³/mol. The molecular weight excluding hydrogens is 482 g/mol. The van der Waals surface area contributed by atoms with Gasteiger partial charge in [-0.3, -0.25) is 14.5 Å². The summed E-state index contributed by atoms with van der Waals surface area (Å²) >= 11 is 0. The molecule has 0 atom stereocenters. The van der Waals surface area contributed by atoms with Crippen molar-refractivity contribution >= 4 is 17.9 Å². The van der Waals surface area contributed by atoms with Gasteiger partial charge >= 0.3 is 17.9 Å². The number of benzene rings is 2. The predicted octanol–water partition coefficient (Wildman–Crippen LogP) is 2.55. The lowest BCUT2D eigenvalue weighted by Gasteiger charge is -2.38. The van der Waals surface area contributed by atoms with Crippen molar-refractivity contribution in [3.8, 4) is 5.75 Å². The van der Waals surface area contributed by atoms with Crippen LogP contribution in [0.2, 0.25) is 0 Å². The van der Waals surface area contributed by atoms with Crippen LogP contribution in [-0.4, -0.2) is 74.1 Å². The standard InChI is InChI=1S/C21H27NO2.C6H8O7/c1-16-4-7-19(8-5-16)21(23)10-12-22(13-11-21)15-18-14-17(2)6-9-20(18)24-3;7-3(8)1-6(13,5(11)12)2-4(9)10/h4-9,14,23H,10-13,15H2,1-3H3;13H,1-2H2,(H,7,8)(H,9,10)(H,11,12). The van der Waals surface area contributed by atoms with Crippen molar-refractivity contribution in [1.29, 1.82) is 0 Å². The summed E-state index contributed by atoms with van der Waals surface area (Å²) in [6.45, 7) is 6.83. The van der Waals surface area contributed by atoms with Crippen LogP contribution in [-0.2, 0) is 26.5 Å². The summed E-state index contributed by atoms with van der Waals surface area (Å²) in [5, 5.41) is 44.8. The van der Waals surface area contributed by atoms with Gasteiger partial charge in [0.2, 0.25) is 0 Å². The van der Waals surface area contributed by atoms with Crippen LogP contribution in [0.5, 0.6) is 5.75 Å². The van der Waals surface area contributed by atoms with Gasteiger partial charge in [-0.15, -0.1) is 0 Å². The number of ether oxygens (including phenoxy) is 1. The lowest BCUT2D eigenvalue weighted by molar-refractivity contribution is -0.170. The molecule has 2 aromatic rings. The van der Waals surface area contributed by atoms with Gasteiger partial charge in [-0.1, -0.05) is 47.5 Å². The summed E-state index contributed by atoms with van der Waals surface area (Å²) in [5.41, 5.74) is 1.31. The van der Waals surface area contributed by atoms with Gasteiger partial charge in [0.05, 0.1) is 25.6 Å². The Morgan fingerprint density at radius 3 is 1.89 bits per heavy atom. The normalized spacial score (nSPS) is 15.3. The second-order valence-electron chi connectivity index (χ2n) is 9.47. The third-order valence-electron chi connectivity index (χ3n) is 6.39. The fourth-order valence-electron chi connectivity index (χ4n) is 4.22. The maximum Gasteiger partial charge on any atom is 0.336 e. The topological polar surface area (TPSA) is 165 Å². The number of aliphatic hydroxyl groups is 2. The molecule has 1 saturated heterocycles. The molecule has 0 spiro atoms. The Labute approximate surface area is 215 Å². The van der Waals surface area contributed by atoms with Crippen molar-refractivity contribution in [3.05, 3.63) is 64.7 Å². The molecule has 0 unspecified atom stereocenters. The first-order valence-corrected chi connectivity index (χ1v) is 11.8. The molecule has 0 aromatic heterocycles. The van der Waals surface area contributed by atoms with Crippen LogP contribution in [0, 0.1) is 13.8 Å². The Morgan fingerprint density at radius 2 is 1.43 bits per heavy atom. The van der Waals surface area contributed by atoms with Crippen LogP contribution in [0.25, 0.3) is 0 Å². The van der Waals surface area contributed by atoms with E-state index in [-0.39, 0.29) is 0 Å². The van der Waals surface area contributed by atoms with Gasteiger partial charge in [0.25, 0.3) is 0 Å². The van der Waals surface area contributed by atoms with Crippen LogP contribution in [0.3, 0.4) is 0 Å². The number of hydrogen-bond acceptors (Lipinski definition) is 7. The van der Waals surface area contributed by atoms with Gasteiger partial charge in [-0.25, -0.2) is 4.79 Å². The van der Waals surface area contributed by atoms with E-state index in [1.54, 1.807) is 7.11 Å². The van der Waals surface area contributed by atoms with Crippen molar-refractivity contribution in [2.24, 2.45) is 0 Å². The summed E-state index contributed by atoms with van der Waals surface area (Å²) in [6, 6.07) is 14.6. The molecule has 10 nitrogen and oxygen atoms in total. The molecule has 1 fully saturated rings. The average molecular weight is 518 g/mol. The molecule has 1 heterocycles. The number of hydrogen-bond donors (Lipinski definition) is 5. The summed E-state index contributed by atoms with van der Waals surface area (Å²) in [4.78, 5) is 32.9. The quantitative estimate of drug-likeness (QED) is 0.334. The van der Waals surface area contributed by atoms with Crippen LogP contribution >= 0.6 is 0 Å². The Kier molecular flexibility index (Phi) is 10.2. The van der Waals surface area contributed by atoms with Gasteiger partial charge in [0.1, 0.15) is 5.75 Å². The van der Waals surface area contributed by atoms with Crippen molar-refractivity contribution in [2.75, 3.05) is 20.2 Å². The van der Waals surface area contributed by atoms with Gasteiger partial charge in [0, 0.05) is 25.2 Å². The third kappa shape index (κ3) is 8.56. The lowest BCUT2D eigenvalue weighted by atomic mass is 9.84. The van der Waals surface area contributed by atoms with E-state index in [9.17, 15) is 19.5 Å². The number of nitrogens with zero attached hydrogens (tertiary/aromatic N) is 1. The Bertz CT molecular complexity index is 1070. The monoisotopic (exact) mass is 517 g/mol. The maximum absolute atomic E-state index is 11.0. The zero-order chi connectivity index (χ0) is 27.8. The number of carboxylic acids is 3. The van der Waals surface area contributed by atoms with E-state index in [0.29, 0.717) is 0 Å². The highest BCUT2D eigenvalue weighted by atomic mass is 16.5. The van der Waals surface area contributed by atoms with E-state index in [1.165, 1.54) is 16.7 Å². The first-order chi connectivity index (χ1) is 17.3. The molecule has 0 aliphatic carbocycles. The molecule has 10 heteroatoms. The number of aryl methyl sites for hydroxylation is 2. The number of piperidine rings is 1. The fraction of sp³-hybridized carbons (Fsp3) is 0.444. The van der Waals surface area contributed by atoms with E-state index < -0.39 is 42.0 Å². The Balaban J connectivity index is 0.000000317. The highest BCUT2D eigenvalue weighted by Gasteiger charge is 2.40. The zero-order valence-electron chi connectivity index (χ0n) is 21.3. The molecule has 37 heavy (non-hydrogen) atoms. The van der Waals surface area contributed by atoms with Crippen molar-refractivity contribution < 1.29 is 44.7 Å². The van der Waals surface area contributed by atoms with Crippen LogP contribution in [0.4, 0.5) is 0 Å². The second-order valence-corrected chi connectivity index (χ2v) is 9.47. The molecular formula is C27H35NO9. The van der Waals surface area contributed by atoms with E-state index in [1.807, 2.05) is 6.07 Å². The number of carbonyl (C=O) groups is 3. The molecule has 3 rings (SSSR count). The van der Waals surface area contributed by atoms with Gasteiger partial charge < -0.3 is 30.3 Å². The summed E-state index contributed by atoms with van der Waals surface area (Å²) < 4.78 is 5.49. The number of carboxylic acid groups (broad SMARTS) is 3. The number of likely N-dealkylation sites (tertiary alicyclic amines) is 1. The van der Waals surface area contributed by atoms with Crippen molar-refractivity contribution in [2.45, 2.75) is 57.3 Å². The van der Waals surface area contributed by atoms with E-state index in [0.717, 1.165) is 43.8 Å². The highest BCUT2D eigenvalue weighted by molar-refractivity contribution is 5.88. The molecule has 0 radical (unpaired) electrons. The first kappa shape index (κ1) is 29.8.